The van der Waals surface area contributed by atoms with Gasteiger partial charge >= 0.3 is 0 Å². The summed E-state index contributed by atoms with van der Waals surface area (Å²) in [5.41, 5.74) is 7.37. The number of aryl methyl sites for hydroxylation is 2. The number of nitrogens with one attached hydrogen (secondary N) is 1. The smallest absolute Gasteiger partial charge is 0.264 e. The number of aromatic nitrogens is 1. The lowest BCUT2D eigenvalue weighted by Gasteiger charge is -2.23. The van der Waals surface area contributed by atoms with Crippen LogP contribution in [0.4, 0.5) is 10.1 Å². The molecule has 10 heteroatoms. The van der Waals surface area contributed by atoms with Crippen LogP contribution < -0.4 is 9.73 Å². The first-order valence-corrected chi connectivity index (χ1v) is 13.9. The van der Waals surface area contributed by atoms with E-state index in [9.17, 15) is 17.6 Å². The van der Waals surface area contributed by atoms with Crippen molar-refractivity contribution in [2.45, 2.75) is 25.7 Å². The van der Waals surface area contributed by atoms with E-state index in [1.165, 1.54) is 18.3 Å². The summed E-state index contributed by atoms with van der Waals surface area (Å²) in [6.07, 6.45) is 1.53. The van der Waals surface area contributed by atoms with E-state index in [-0.39, 0.29) is 4.90 Å². The van der Waals surface area contributed by atoms with E-state index in [4.69, 9.17) is 0 Å². The van der Waals surface area contributed by atoms with Crippen LogP contribution >= 0.6 is 15.9 Å². The molecule has 3 aromatic carbocycles. The van der Waals surface area contributed by atoms with Crippen molar-refractivity contribution >= 4 is 43.8 Å². The van der Waals surface area contributed by atoms with Gasteiger partial charge in [-0.15, -0.1) is 0 Å². The van der Waals surface area contributed by atoms with Crippen molar-refractivity contribution in [1.29, 1.82) is 0 Å². The predicted molar refractivity (Wildman–Crippen MR) is 151 cm³/mol. The van der Waals surface area contributed by atoms with E-state index in [0.29, 0.717) is 5.69 Å². The Morgan fingerprint density at radius 2 is 1.71 bits per heavy atom. The topological polar surface area (TPSA) is 83.8 Å². The fourth-order valence-corrected chi connectivity index (χ4v) is 5.84. The Morgan fingerprint density at radius 1 is 1.03 bits per heavy atom. The van der Waals surface area contributed by atoms with Crippen LogP contribution in [0.25, 0.3) is 5.69 Å². The van der Waals surface area contributed by atoms with Crippen LogP contribution in [0.1, 0.15) is 22.5 Å². The molecule has 0 saturated carbocycles. The zero-order chi connectivity index (χ0) is 27.4. The van der Waals surface area contributed by atoms with Gasteiger partial charge in [-0.05, 0) is 81.4 Å². The van der Waals surface area contributed by atoms with E-state index >= 15 is 0 Å². The standard InChI is InChI=1S/C28H26BrFN4O3S/c1-19-7-11-25(12-8-19)33(38(36,37)27-13-9-24(30)10-14-27)18-28(35)32-31-17-22-15-20(2)34(21(22)3)26-6-4-5-23(29)16-26/h4-17H,18H2,1-3H3,(H,32,35)/b31-17-. The molecule has 0 atom stereocenters. The molecule has 1 amide bonds. The Kier molecular flexibility index (Phi) is 8.13. The molecule has 0 radical (unpaired) electrons. The number of carbonyl (C=O) groups is 1. The van der Waals surface area contributed by atoms with Crippen LogP contribution in [0, 0.1) is 26.6 Å². The molecule has 1 N–H and O–H groups in total. The van der Waals surface area contributed by atoms with E-state index in [1.54, 1.807) is 24.3 Å². The number of rotatable bonds is 8. The fraction of sp³-hybridized carbons (Fsp3) is 0.143. The van der Waals surface area contributed by atoms with Gasteiger partial charge in [0.25, 0.3) is 15.9 Å². The minimum Gasteiger partial charge on any atom is -0.318 e. The van der Waals surface area contributed by atoms with Crippen molar-refractivity contribution in [2.24, 2.45) is 5.10 Å². The van der Waals surface area contributed by atoms with Crippen LogP contribution in [-0.4, -0.2) is 31.7 Å². The van der Waals surface area contributed by atoms with Crippen molar-refractivity contribution in [3.8, 4) is 5.69 Å². The normalized spacial score (nSPS) is 11.6. The number of anilines is 1. The van der Waals surface area contributed by atoms with Crippen molar-refractivity contribution < 1.29 is 17.6 Å². The Morgan fingerprint density at radius 3 is 2.37 bits per heavy atom. The summed E-state index contributed by atoms with van der Waals surface area (Å²) in [7, 11) is -4.15. The maximum Gasteiger partial charge on any atom is 0.264 e. The molecule has 0 fully saturated rings. The molecule has 0 saturated heterocycles. The van der Waals surface area contributed by atoms with E-state index in [1.807, 2.05) is 51.1 Å². The van der Waals surface area contributed by atoms with Gasteiger partial charge in [0.2, 0.25) is 0 Å². The van der Waals surface area contributed by atoms with Crippen molar-refractivity contribution in [3.05, 3.63) is 112 Å². The van der Waals surface area contributed by atoms with Gasteiger partial charge in [-0.25, -0.2) is 18.2 Å². The summed E-state index contributed by atoms with van der Waals surface area (Å²) in [5, 5.41) is 4.08. The maximum atomic E-state index is 13.4. The van der Waals surface area contributed by atoms with Gasteiger partial charge in [0, 0.05) is 27.1 Å². The van der Waals surface area contributed by atoms with Gasteiger partial charge in [-0.2, -0.15) is 5.10 Å². The summed E-state index contributed by atoms with van der Waals surface area (Å²) < 4.78 is 44.2. The third-order valence-corrected chi connectivity index (χ3v) is 8.22. The second-order valence-corrected chi connectivity index (χ2v) is 11.5. The van der Waals surface area contributed by atoms with Crippen LogP contribution in [-0.2, 0) is 14.8 Å². The number of hydrogen-bond donors (Lipinski definition) is 1. The summed E-state index contributed by atoms with van der Waals surface area (Å²) >= 11 is 3.49. The van der Waals surface area contributed by atoms with E-state index < -0.39 is 28.3 Å². The fourth-order valence-electron chi connectivity index (χ4n) is 4.03. The van der Waals surface area contributed by atoms with Gasteiger partial charge in [0.15, 0.2) is 0 Å². The summed E-state index contributed by atoms with van der Waals surface area (Å²) in [5.74, 6) is -1.19. The third kappa shape index (κ3) is 6.03. The molecule has 38 heavy (non-hydrogen) atoms. The number of sulfonamides is 1. The Bertz CT molecular complexity index is 1600. The molecule has 0 aliphatic heterocycles. The lowest BCUT2D eigenvalue weighted by Crippen LogP contribution is -2.39. The molecular formula is C28H26BrFN4O3S. The summed E-state index contributed by atoms with van der Waals surface area (Å²) in [4.78, 5) is 12.7. The Balaban J connectivity index is 1.55. The van der Waals surface area contributed by atoms with Crippen molar-refractivity contribution in [3.63, 3.8) is 0 Å². The lowest BCUT2D eigenvalue weighted by molar-refractivity contribution is -0.119. The summed E-state index contributed by atoms with van der Waals surface area (Å²) in [6.45, 7) is 5.28. The molecule has 196 valence electrons. The molecule has 4 rings (SSSR count). The first-order chi connectivity index (χ1) is 18.1. The largest absolute Gasteiger partial charge is 0.318 e. The van der Waals surface area contributed by atoms with Gasteiger partial charge in [0.1, 0.15) is 12.4 Å². The molecule has 7 nitrogen and oxygen atoms in total. The molecule has 1 aromatic heterocycles. The first-order valence-electron chi connectivity index (χ1n) is 11.7. The third-order valence-electron chi connectivity index (χ3n) is 5.94. The second-order valence-electron chi connectivity index (χ2n) is 8.74. The molecule has 0 spiro atoms. The molecule has 0 aliphatic rings. The average molecular weight is 598 g/mol. The lowest BCUT2D eigenvalue weighted by atomic mass is 10.2. The Hall–Kier alpha value is -3.76. The maximum absolute atomic E-state index is 13.4. The second kappa shape index (κ2) is 11.3. The highest BCUT2D eigenvalue weighted by atomic mass is 79.9. The van der Waals surface area contributed by atoms with E-state index in [2.05, 4.69) is 31.0 Å². The quantitative estimate of drug-likeness (QED) is 0.211. The van der Waals surface area contributed by atoms with Crippen LogP contribution in [0.5, 0.6) is 0 Å². The number of hydrogen-bond acceptors (Lipinski definition) is 4. The van der Waals surface area contributed by atoms with E-state index in [0.717, 1.165) is 49.1 Å². The number of hydrazone groups is 1. The predicted octanol–water partition coefficient (Wildman–Crippen LogP) is 5.65. The van der Waals surface area contributed by atoms with Gasteiger partial charge < -0.3 is 4.57 Å². The zero-order valence-electron chi connectivity index (χ0n) is 21.0. The molecule has 0 bridgehead atoms. The van der Waals surface area contributed by atoms with Crippen LogP contribution in [0.3, 0.4) is 0 Å². The number of benzene rings is 3. The number of nitrogens with zero attached hydrogens (tertiary/aromatic N) is 3. The van der Waals surface area contributed by atoms with Crippen molar-refractivity contribution in [2.75, 3.05) is 10.8 Å². The highest BCUT2D eigenvalue weighted by molar-refractivity contribution is 9.10. The number of halogens is 2. The molecular weight excluding hydrogens is 571 g/mol. The number of carbonyl (C=O) groups excluding carboxylic acids is 1. The molecule has 0 unspecified atom stereocenters. The number of amides is 1. The highest BCUT2D eigenvalue weighted by Gasteiger charge is 2.27. The Labute approximate surface area is 229 Å². The van der Waals surface area contributed by atoms with Crippen LogP contribution in [0.15, 0.2) is 93.3 Å². The first kappa shape index (κ1) is 27.3. The van der Waals surface area contributed by atoms with Gasteiger partial charge in [-0.1, -0.05) is 39.7 Å². The minimum absolute atomic E-state index is 0.129. The molecule has 4 aromatic rings. The SMILES string of the molecule is Cc1ccc(N(CC(=O)N/N=C\c2cc(C)n(-c3cccc(Br)c3)c2C)S(=O)(=O)c2ccc(F)cc2)cc1. The molecule has 0 aliphatic carbocycles. The van der Waals surface area contributed by atoms with Crippen molar-refractivity contribution in [1.82, 2.24) is 9.99 Å². The zero-order valence-corrected chi connectivity index (χ0v) is 23.4. The highest BCUT2D eigenvalue weighted by Crippen LogP contribution is 2.25. The van der Waals surface area contributed by atoms with Crippen LogP contribution in [0.2, 0.25) is 0 Å². The van der Waals surface area contributed by atoms with Gasteiger partial charge in [-0.3, -0.25) is 9.10 Å². The monoisotopic (exact) mass is 596 g/mol. The average Bonchev–Trinajstić information content (AvgIpc) is 3.16. The molecule has 1 heterocycles. The summed E-state index contributed by atoms with van der Waals surface area (Å²) in [6, 6.07) is 21.0. The van der Waals surface area contributed by atoms with Gasteiger partial charge in [0.05, 0.1) is 16.8 Å². The minimum atomic E-state index is -4.15.